The average Bonchev–Trinajstić information content (AvgIpc) is 3.32. The van der Waals surface area contributed by atoms with Gasteiger partial charge >= 0.3 is 0 Å². The summed E-state index contributed by atoms with van der Waals surface area (Å²) in [5.74, 6) is -0.371. The van der Waals surface area contributed by atoms with Crippen LogP contribution in [0.5, 0.6) is 0 Å². The van der Waals surface area contributed by atoms with Gasteiger partial charge in [-0.15, -0.1) is 0 Å². The van der Waals surface area contributed by atoms with E-state index < -0.39 is 9.84 Å². The van der Waals surface area contributed by atoms with Crippen LogP contribution in [0.2, 0.25) is 0 Å². The average molecular weight is 479 g/mol. The Morgan fingerprint density at radius 1 is 1.18 bits per heavy atom. The van der Waals surface area contributed by atoms with Gasteiger partial charge in [0.15, 0.2) is 0 Å². The SMILES string of the molecule is CC1=C(N)C(=NO)CC=C1c1ncccc1C(=O)Nc1ccc(-n2ccnc2S(C)(=O)=O)cc1. The van der Waals surface area contributed by atoms with Crippen molar-refractivity contribution in [2.75, 3.05) is 11.6 Å². The molecule has 0 saturated heterocycles. The molecule has 0 unspecified atom stereocenters. The van der Waals surface area contributed by atoms with Gasteiger partial charge in [-0.05, 0) is 48.9 Å². The molecule has 34 heavy (non-hydrogen) atoms. The second kappa shape index (κ2) is 8.94. The van der Waals surface area contributed by atoms with Gasteiger partial charge in [-0.2, -0.15) is 0 Å². The van der Waals surface area contributed by atoms with E-state index in [1.807, 2.05) is 6.08 Å². The fraction of sp³-hybridized carbons (Fsp3) is 0.130. The lowest BCUT2D eigenvalue weighted by atomic mass is 9.90. The number of rotatable bonds is 5. The van der Waals surface area contributed by atoms with E-state index in [2.05, 4.69) is 20.4 Å². The van der Waals surface area contributed by atoms with Crippen molar-refractivity contribution >= 4 is 32.7 Å². The van der Waals surface area contributed by atoms with Crippen LogP contribution < -0.4 is 11.1 Å². The molecule has 174 valence electrons. The van der Waals surface area contributed by atoms with E-state index >= 15 is 0 Å². The number of amides is 1. The Bertz CT molecular complexity index is 1470. The van der Waals surface area contributed by atoms with Crippen LogP contribution in [0.4, 0.5) is 5.69 Å². The van der Waals surface area contributed by atoms with Crippen LogP contribution in [0.3, 0.4) is 0 Å². The Hall–Kier alpha value is -4.25. The molecule has 3 aromatic rings. The molecule has 4 rings (SSSR count). The summed E-state index contributed by atoms with van der Waals surface area (Å²) in [7, 11) is -3.50. The predicted molar refractivity (Wildman–Crippen MR) is 128 cm³/mol. The monoisotopic (exact) mass is 478 g/mol. The van der Waals surface area contributed by atoms with Gasteiger partial charge in [0, 0.05) is 48.2 Å². The van der Waals surface area contributed by atoms with Gasteiger partial charge in [0.1, 0.15) is 5.71 Å². The van der Waals surface area contributed by atoms with Crippen molar-refractivity contribution in [1.29, 1.82) is 0 Å². The van der Waals surface area contributed by atoms with Gasteiger partial charge in [-0.25, -0.2) is 13.4 Å². The number of sulfone groups is 1. The number of oxime groups is 1. The minimum atomic E-state index is -3.50. The first-order valence-corrected chi connectivity index (χ1v) is 12.1. The zero-order chi connectivity index (χ0) is 24.5. The van der Waals surface area contributed by atoms with Crippen molar-refractivity contribution in [2.45, 2.75) is 18.5 Å². The maximum Gasteiger partial charge on any atom is 0.257 e. The second-order valence-corrected chi connectivity index (χ2v) is 9.57. The highest BCUT2D eigenvalue weighted by atomic mass is 32.2. The standard InChI is InChI=1S/C23H22N6O4S/c1-14-17(9-10-19(28-31)20(14)24)21-18(4-3-11-25-21)22(30)27-15-5-7-16(8-6-15)29-13-12-26-23(29)34(2,32)33/h3-9,11-13,31H,10,24H2,1-2H3,(H,27,30). The van der Waals surface area contributed by atoms with Gasteiger partial charge < -0.3 is 16.3 Å². The summed E-state index contributed by atoms with van der Waals surface area (Å²) in [4.78, 5) is 21.4. The molecule has 1 aliphatic carbocycles. The Morgan fingerprint density at radius 3 is 2.59 bits per heavy atom. The summed E-state index contributed by atoms with van der Waals surface area (Å²) < 4.78 is 25.3. The number of nitrogens with one attached hydrogen (secondary N) is 1. The van der Waals surface area contributed by atoms with Crippen LogP contribution in [-0.2, 0) is 9.84 Å². The first-order chi connectivity index (χ1) is 16.2. The van der Waals surface area contributed by atoms with Gasteiger partial charge in [-0.1, -0.05) is 11.2 Å². The van der Waals surface area contributed by atoms with Crippen LogP contribution in [0.15, 0.2) is 82.6 Å². The predicted octanol–water partition coefficient (Wildman–Crippen LogP) is 2.77. The topological polar surface area (TPSA) is 153 Å². The highest BCUT2D eigenvalue weighted by molar-refractivity contribution is 7.90. The molecule has 1 amide bonds. The lowest BCUT2D eigenvalue weighted by Crippen LogP contribution is -2.20. The van der Waals surface area contributed by atoms with E-state index in [-0.39, 0.29) is 11.1 Å². The first-order valence-electron chi connectivity index (χ1n) is 10.2. The van der Waals surface area contributed by atoms with Gasteiger partial charge in [-0.3, -0.25) is 14.3 Å². The van der Waals surface area contributed by atoms with E-state index in [0.717, 1.165) is 6.26 Å². The molecule has 1 aromatic carbocycles. The quantitative estimate of drug-likeness (QED) is 0.376. The maximum atomic E-state index is 13.1. The number of hydrogen-bond donors (Lipinski definition) is 3. The van der Waals surface area contributed by atoms with Crippen LogP contribution in [-0.4, -0.2) is 46.0 Å². The second-order valence-electron chi connectivity index (χ2n) is 7.66. The molecule has 0 aliphatic heterocycles. The summed E-state index contributed by atoms with van der Waals surface area (Å²) in [6.45, 7) is 1.78. The number of carbonyl (C=O) groups is 1. The molecule has 0 saturated carbocycles. The number of aromatic nitrogens is 3. The normalized spacial score (nSPS) is 15.4. The van der Waals surface area contributed by atoms with Gasteiger partial charge in [0.25, 0.3) is 5.91 Å². The molecule has 0 fully saturated rings. The summed E-state index contributed by atoms with van der Waals surface area (Å²) in [5, 5.41) is 15.1. The van der Waals surface area contributed by atoms with Crippen LogP contribution >= 0.6 is 0 Å². The highest BCUT2D eigenvalue weighted by Crippen LogP contribution is 2.30. The molecule has 0 atom stereocenters. The fourth-order valence-corrected chi connectivity index (χ4v) is 4.44. The van der Waals surface area contributed by atoms with Crippen molar-refractivity contribution in [3.05, 3.63) is 83.6 Å². The third-order valence-corrected chi connectivity index (χ3v) is 6.35. The third kappa shape index (κ3) is 4.33. The molecule has 10 nitrogen and oxygen atoms in total. The summed E-state index contributed by atoms with van der Waals surface area (Å²) in [6.07, 6.45) is 7.78. The smallest absolute Gasteiger partial charge is 0.257 e. The van der Waals surface area contributed by atoms with Crippen LogP contribution in [0.25, 0.3) is 11.3 Å². The largest absolute Gasteiger partial charge is 0.411 e. The zero-order valence-electron chi connectivity index (χ0n) is 18.4. The van der Waals surface area contributed by atoms with E-state index in [4.69, 9.17) is 10.9 Å². The molecular formula is C23H22N6O4S. The van der Waals surface area contributed by atoms with E-state index in [1.54, 1.807) is 55.7 Å². The Labute approximate surface area is 196 Å². The summed E-state index contributed by atoms with van der Waals surface area (Å²) in [5.41, 5.74) is 10.1. The van der Waals surface area contributed by atoms with E-state index in [9.17, 15) is 13.2 Å². The number of carbonyl (C=O) groups excluding carboxylic acids is 1. The number of benzene rings is 1. The van der Waals surface area contributed by atoms with E-state index in [0.29, 0.717) is 51.6 Å². The molecule has 4 N–H and O–H groups in total. The van der Waals surface area contributed by atoms with Crippen molar-refractivity contribution in [1.82, 2.24) is 14.5 Å². The number of allylic oxidation sites excluding steroid dienone is 4. The van der Waals surface area contributed by atoms with Gasteiger partial charge in [0.05, 0.1) is 17.0 Å². The zero-order valence-corrected chi connectivity index (χ0v) is 19.2. The Balaban J connectivity index is 1.60. The van der Waals surface area contributed by atoms with Crippen LogP contribution in [0, 0.1) is 0 Å². The van der Waals surface area contributed by atoms with E-state index in [1.165, 1.54) is 10.8 Å². The summed E-state index contributed by atoms with van der Waals surface area (Å²) in [6, 6.07) is 10.0. The number of anilines is 1. The molecule has 11 heteroatoms. The number of hydrogen-bond acceptors (Lipinski definition) is 8. The number of pyridine rings is 1. The summed E-state index contributed by atoms with van der Waals surface area (Å²) >= 11 is 0. The molecular weight excluding hydrogens is 456 g/mol. The lowest BCUT2D eigenvalue weighted by molar-refractivity contribution is 0.102. The van der Waals surface area contributed by atoms with Gasteiger partial charge in [0.2, 0.25) is 15.0 Å². The Kier molecular flexibility index (Phi) is 6.03. The molecule has 0 bridgehead atoms. The minimum absolute atomic E-state index is 0.0675. The minimum Gasteiger partial charge on any atom is -0.411 e. The maximum absolute atomic E-state index is 13.1. The fourth-order valence-electron chi connectivity index (χ4n) is 3.66. The lowest BCUT2D eigenvalue weighted by Gasteiger charge is -2.19. The molecule has 2 aromatic heterocycles. The van der Waals surface area contributed by atoms with Crippen molar-refractivity contribution in [3.8, 4) is 5.69 Å². The molecule has 2 heterocycles. The first kappa shape index (κ1) is 22.9. The highest BCUT2D eigenvalue weighted by Gasteiger charge is 2.23. The number of imidazole rings is 1. The number of nitrogens with zero attached hydrogens (tertiary/aromatic N) is 4. The molecule has 1 aliphatic rings. The molecule has 0 radical (unpaired) electrons. The van der Waals surface area contributed by atoms with Crippen molar-refractivity contribution in [2.24, 2.45) is 10.9 Å². The molecule has 0 spiro atoms. The number of nitrogens with two attached hydrogens (primary N) is 1. The Morgan fingerprint density at radius 2 is 1.91 bits per heavy atom. The third-order valence-electron chi connectivity index (χ3n) is 5.39. The van der Waals surface area contributed by atoms with Crippen LogP contribution in [0.1, 0.15) is 29.4 Å². The van der Waals surface area contributed by atoms with Crippen molar-refractivity contribution in [3.63, 3.8) is 0 Å². The van der Waals surface area contributed by atoms with Crippen molar-refractivity contribution < 1.29 is 18.4 Å².